The summed E-state index contributed by atoms with van der Waals surface area (Å²) in [5, 5.41) is 3.40. The lowest BCUT2D eigenvalue weighted by Crippen LogP contribution is -2.16. The van der Waals surface area contributed by atoms with Gasteiger partial charge in [0.05, 0.1) is 18.3 Å². The lowest BCUT2D eigenvalue weighted by atomic mass is 10.2. The summed E-state index contributed by atoms with van der Waals surface area (Å²) < 4.78 is 5.02. The van der Waals surface area contributed by atoms with E-state index in [-0.39, 0.29) is 0 Å². The summed E-state index contributed by atoms with van der Waals surface area (Å²) >= 11 is 1.72. The molecule has 0 unspecified atom stereocenters. The van der Waals surface area contributed by atoms with Crippen LogP contribution in [0.1, 0.15) is 16.1 Å². The number of methoxy groups -OCH3 is 1. The molecule has 0 spiro atoms. The van der Waals surface area contributed by atoms with Crippen LogP contribution in [-0.2, 0) is 13.0 Å². The first-order chi connectivity index (χ1) is 8.79. The highest BCUT2D eigenvalue weighted by Crippen LogP contribution is 2.12. The Kier molecular flexibility index (Phi) is 4.66. The highest BCUT2D eigenvalue weighted by molar-refractivity contribution is 7.09. The zero-order valence-corrected chi connectivity index (χ0v) is 11.5. The minimum Gasteiger partial charge on any atom is -0.481 e. The number of rotatable bonds is 6. The molecule has 0 amide bonds. The summed E-state index contributed by atoms with van der Waals surface area (Å²) in [7, 11) is 1.62. The molecular formula is C13H17N3OS. The van der Waals surface area contributed by atoms with Crippen molar-refractivity contribution in [1.29, 1.82) is 0 Å². The topological polar surface area (TPSA) is 47.0 Å². The molecule has 0 atom stereocenters. The van der Waals surface area contributed by atoms with E-state index in [0.717, 1.165) is 30.8 Å². The molecule has 0 aliphatic heterocycles. The number of nitrogens with zero attached hydrogens (tertiary/aromatic N) is 2. The van der Waals surface area contributed by atoms with Crippen LogP contribution in [0.2, 0.25) is 0 Å². The minimum absolute atomic E-state index is 0.652. The molecule has 5 heteroatoms. The molecular weight excluding hydrogens is 246 g/mol. The SMILES string of the molecule is COc1ccc(CNCCc2scnc2C)cn1. The molecule has 4 nitrogen and oxygen atoms in total. The fourth-order valence-electron chi connectivity index (χ4n) is 1.64. The second-order valence-electron chi connectivity index (χ2n) is 4.00. The molecule has 0 aromatic carbocycles. The van der Waals surface area contributed by atoms with Crippen molar-refractivity contribution in [1.82, 2.24) is 15.3 Å². The third kappa shape index (κ3) is 3.51. The Morgan fingerprint density at radius 1 is 1.33 bits per heavy atom. The second kappa shape index (κ2) is 6.47. The quantitative estimate of drug-likeness (QED) is 0.812. The summed E-state index contributed by atoms with van der Waals surface area (Å²) in [5.41, 5.74) is 4.21. The number of ether oxygens (including phenoxy) is 1. The Bertz CT molecular complexity index is 481. The number of aryl methyl sites for hydroxylation is 1. The molecule has 96 valence electrons. The fraction of sp³-hybridized carbons (Fsp3) is 0.385. The van der Waals surface area contributed by atoms with Crippen LogP contribution in [-0.4, -0.2) is 23.6 Å². The molecule has 0 saturated carbocycles. The number of aromatic nitrogens is 2. The average molecular weight is 263 g/mol. The summed E-state index contributed by atoms with van der Waals surface area (Å²) in [4.78, 5) is 9.77. The zero-order valence-electron chi connectivity index (χ0n) is 10.6. The average Bonchev–Trinajstić information content (AvgIpc) is 2.81. The van der Waals surface area contributed by atoms with Crippen molar-refractivity contribution in [3.8, 4) is 5.88 Å². The van der Waals surface area contributed by atoms with E-state index < -0.39 is 0 Å². The highest BCUT2D eigenvalue weighted by atomic mass is 32.1. The van der Waals surface area contributed by atoms with Gasteiger partial charge in [0.1, 0.15) is 0 Å². The minimum atomic E-state index is 0.652. The first kappa shape index (κ1) is 13.0. The van der Waals surface area contributed by atoms with E-state index in [2.05, 4.69) is 22.2 Å². The Morgan fingerprint density at radius 3 is 2.83 bits per heavy atom. The smallest absolute Gasteiger partial charge is 0.212 e. The van der Waals surface area contributed by atoms with Gasteiger partial charge in [0.15, 0.2) is 0 Å². The number of nitrogens with one attached hydrogen (secondary N) is 1. The van der Waals surface area contributed by atoms with Crippen molar-refractivity contribution in [3.63, 3.8) is 0 Å². The number of hydrogen-bond acceptors (Lipinski definition) is 5. The van der Waals surface area contributed by atoms with Crippen LogP contribution < -0.4 is 10.1 Å². The van der Waals surface area contributed by atoms with E-state index in [0.29, 0.717) is 5.88 Å². The molecule has 2 aromatic rings. The summed E-state index contributed by atoms with van der Waals surface area (Å²) in [6, 6.07) is 3.90. The van der Waals surface area contributed by atoms with Crippen LogP contribution in [0.3, 0.4) is 0 Å². The van der Waals surface area contributed by atoms with Crippen LogP contribution in [0.25, 0.3) is 0 Å². The predicted molar refractivity (Wildman–Crippen MR) is 73.1 cm³/mol. The summed E-state index contributed by atoms with van der Waals surface area (Å²) in [6.45, 7) is 3.84. The maximum Gasteiger partial charge on any atom is 0.212 e. The van der Waals surface area contributed by atoms with Gasteiger partial charge in [0, 0.05) is 30.2 Å². The van der Waals surface area contributed by atoms with E-state index >= 15 is 0 Å². The van der Waals surface area contributed by atoms with E-state index in [1.807, 2.05) is 23.8 Å². The van der Waals surface area contributed by atoms with Crippen LogP contribution in [0.15, 0.2) is 23.8 Å². The van der Waals surface area contributed by atoms with Crippen LogP contribution in [0.4, 0.5) is 0 Å². The van der Waals surface area contributed by atoms with Crippen molar-refractivity contribution in [2.75, 3.05) is 13.7 Å². The zero-order chi connectivity index (χ0) is 12.8. The van der Waals surface area contributed by atoms with Crippen molar-refractivity contribution < 1.29 is 4.74 Å². The van der Waals surface area contributed by atoms with Gasteiger partial charge in [-0.1, -0.05) is 6.07 Å². The van der Waals surface area contributed by atoms with Crippen LogP contribution in [0, 0.1) is 6.92 Å². The van der Waals surface area contributed by atoms with Crippen molar-refractivity contribution in [3.05, 3.63) is 40.0 Å². The first-order valence-corrected chi connectivity index (χ1v) is 6.76. The van der Waals surface area contributed by atoms with Gasteiger partial charge in [-0.05, 0) is 18.9 Å². The third-order valence-electron chi connectivity index (χ3n) is 2.71. The van der Waals surface area contributed by atoms with Crippen molar-refractivity contribution in [2.45, 2.75) is 19.9 Å². The van der Waals surface area contributed by atoms with Crippen LogP contribution in [0.5, 0.6) is 5.88 Å². The Hall–Kier alpha value is -1.46. The number of thiazole rings is 1. The van der Waals surface area contributed by atoms with Crippen LogP contribution >= 0.6 is 11.3 Å². The maximum absolute atomic E-state index is 5.02. The maximum atomic E-state index is 5.02. The second-order valence-corrected chi connectivity index (χ2v) is 4.94. The number of hydrogen-bond donors (Lipinski definition) is 1. The van der Waals surface area contributed by atoms with E-state index in [4.69, 9.17) is 4.74 Å². The molecule has 18 heavy (non-hydrogen) atoms. The monoisotopic (exact) mass is 263 g/mol. The lowest BCUT2D eigenvalue weighted by molar-refractivity contribution is 0.397. The molecule has 0 fully saturated rings. The molecule has 0 bridgehead atoms. The van der Waals surface area contributed by atoms with Crippen molar-refractivity contribution in [2.24, 2.45) is 0 Å². The normalized spacial score (nSPS) is 10.6. The molecule has 0 saturated heterocycles. The Balaban J connectivity index is 1.73. The predicted octanol–water partition coefficient (Wildman–Crippen LogP) is 2.19. The van der Waals surface area contributed by atoms with Gasteiger partial charge in [-0.2, -0.15) is 0 Å². The van der Waals surface area contributed by atoms with E-state index in [1.54, 1.807) is 18.4 Å². The van der Waals surface area contributed by atoms with Gasteiger partial charge >= 0.3 is 0 Å². The van der Waals surface area contributed by atoms with Gasteiger partial charge in [-0.15, -0.1) is 11.3 Å². The Labute approximate surface area is 111 Å². The Morgan fingerprint density at radius 2 is 2.22 bits per heavy atom. The molecule has 1 N–H and O–H groups in total. The van der Waals surface area contributed by atoms with Gasteiger partial charge < -0.3 is 10.1 Å². The summed E-state index contributed by atoms with van der Waals surface area (Å²) in [5.74, 6) is 0.652. The molecule has 2 heterocycles. The largest absolute Gasteiger partial charge is 0.481 e. The molecule has 0 aliphatic rings. The third-order valence-corrected chi connectivity index (χ3v) is 3.70. The standard InChI is InChI=1S/C13H17N3OS/c1-10-12(18-9-16-10)5-6-14-7-11-3-4-13(17-2)15-8-11/h3-4,8-9,14H,5-7H2,1-2H3. The summed E-state index contributed by atoms with van der Waals surface area (Å²) in [6.07, 6.45) is 2.86. The fourth-order valence-corrected chi connectivity index (χ4v) is 2.42. The van der Waals surface area contributed by atoms with Gasteiger partial charge in [0.2, 0.25) is 5.88 Å². The molecule has 0 aliphatic carbocycles. The lowest BCUT2D eigenvalue weighted by Gasteiger charge is -2.05. The van der Waals surface area contributed by atoms with Crippen molar-refractivity contribution >= 4 is 11.3 Å². The van der Waals surface area contributed by atoms with Gasteiger partial charge in [-0.3, -0.25) is 0 Å². The molecule has 2 aromatic heterocycles. The van der Waals surface area contributed by atoms with E-state index in [1.165, 1.54) is 4.88 Å². The van der Waals surface area contributed by atoms with E-state index in [9.17, 15) is 0 Å². The number of pyridine rings is 1. The van der Waals surface area contributed by atoms with Gasteiger partial charge in [-0.25, -0.2) is 9.97 Å². The highest BCUT2D eigenvalue weighted by Gasteiger charge is 2.00. The van der Waals surface area contributed by atoms with Gasteiger partial charge in [0.25, 0.3) is 0 Å². The molecule has 2 rings (SSSR count). The molecule has 0 radical (unpaired) electrons. The first-order valence-electron chi connectivity index (χ1n) is 5.88.